The Hall–Kier alpha value is -3.13. The van der Waals surface area contributed by atoms with Crippen LogP contribution in [0.15, 0.2) is 48.7 Å². The number of pyridine rings is 1. The van der Waals surface area contributed by atoms with Crippen LogP contribution in [0.5, 0.6) is 5.75 Å². The molecule has 3 aromatic rings. The number of hydrogen-bond donors (Lipinski definition) is 1. The monoisotopic (exact) mass is 307 g/mol. The molecule has 0 amide bonds. The summed E-state index contributed by atoms with van der Waals surface area (Å²) in [5.41, 5.74) is 2.72. The first-order chi connectivity index (χ1) is 11.2. The highest BCUT2D eigenvalue weighted by Gasteiger charge is 2.09. The predicted octanol–water partition coefficient (Wildman–Crippen LogP) is 3.87. The van der Waals surface area contributed by atoms with E-state index in [1.807, 2.05) is 24.3 Å². The summed E-state index contributed by atoms with van der Waals surface area (Å²) in [6, 6.07) is 14.5. The Kier molecular flexibility index (Phi) is 4.07. The molecule has 0 bridgehead atoms. The number of fused-ring (bicyclic) bond motifs is 1. The van der Waals surface area contributed by atoms with Crippen molar-refractivity contribution < 1.29 is 9.13 Å². The van der Waals surface area contributed by atoms with E-state index in [0.717, 1.165) is 16.5 Å². The number of nitrogens with zero attached hydrogens (tertiary/aromatic N) is 2. The van der Waals surface area contributed by atoms with Crippen molar-refractivity contribution >= 4 is 16.6 Å². The summed E-state index contributed by atoms with van der Waals surface area (Å²) < 4.78 is 18.7. The smallest absolute Gasteiger partial charge is 0.165 e. The van der Waals surface area contributed by atoms with Gasteiger partial charge >= 0.3 is 0 Å². The molecular formula is C18H14FN3O. The Morgan fingerprint density at radius 2 is 2.09 bits per heavy atom. The second-order valence-corrected chi connectivity index (χ2v) is 5.00. The molecule has 0 saturated heterocycles. The average molecular weight is 307 g/mol. The third-order valence-electron chi connectivity index (χ3n) is 3.58. The van der Waals surface area contributed by atoms with E-state index in [1.165, 1.54) is 13.2 Å². The average Bonchev–Trinajstić information content (AvgIpc) is 2.59. The van der Waals surface area contributed by atoms with E-state index >= 15 is 0 Å². The lowest BCUT2D eigenvalue weighted by Crippen LogP contribution is -2.03. The number of anilines is 1. The van der Waals surface area contributed by atoms with Crippen molar-refractivity contribution in [2.45, 2.75) is 6.54 Å². The number of rotatable bonds is 4. The molecule has 2 aromatic carbocycles. The number of aromatic nitrogens is 1. The molecule has 0 fully saturated rings. The highest BCUT2D eigenvalue weighted by Crippen LogP contribution is 2.26. The van der Waals surface area contributed by atoms with Gasteiger partial charge in [0.1, 0.15) is 6.07 Å². The van der Waals surface area contributed by atoms with Crippen LogP contribution >= 0.6 is 0 Å². The Labute approximate surface area is 133 Å². The summed E-state index contributed by atoms with van der Waals surface area (Å²) in [6.45, 7) is 0.392. The fourth-order valence-corrected chi connectivity index (χ4v) is 2.43. The van der Waals surface area contributed by atoms with E-state index in [2.05, 4.69) is 16.4 Å². The zero-order chi connectivity index (χ0) is 16.2. The molecule has 0 atom stereocenters. The molecular weight excluding hydrogens is 293 g/mol. The second kappa shape index (κ2) is 6.32. The van der Waals surface area contributed by atoms with Crippen molar-refractivity contribution in [3.05, 3.63) is 65.6 Å². The number of methoxy groups -OCH3 is 1. The molecule has 0 unspecified atom stereocenters. The molecule has 4 nitrogen and oxygen atoms in total. The maximum Gasteiger partial charge on any atom is 0.165 e. The van der Waals surface area contributed by atoms with Crippen molar-refractivity contribution in [1.82, 2.24) is 4.98 Å². The molecule has 23 heavy (non-hydrogen) atoms. The molecule has 0 aliphatic carbocycles. The van der Waals surface area contributed by atoms with Crippen LogP contribution in [0, 0.1) is 17.1 Å². The summed E-state index contributed by atoms with van der Waals surface area (Å²) in [7, 11) is 1.43. The molecule has 1 aromatic heterocycles. The van der Waals surface area contributed by atoms with Gasteiger partial charge in [-0.2, -0.15) is 5.26 Å². The standard InChI is InChI=1S/C18H14FN3O/c1-23-17-7-6-12(8-15(17)19)10-22-18-13(9-20)11-21-16-5-3-2-4-14(16)18/h2-8,11H,10H2,1H3,(H,21,22). The van der Waals surface area contributed by atoms with Crippen LogP contribution in [0.2, 0.25) is 0 Å². The molecule has 0 radical (unpaired) electrons. The van der Waals surface area contributed by atoms with Gasteiger partial charge in [0.05, 0.1) is 23.9 Å². The van der Waals surface area contributed by atoms with Gasteiger partial charge in [0.15, 0.2) is 11.6 Å². The lowest BCUT2D eigenvalue weighted by atomic mass is 10.1. The molecule has 0 saturated carbocycles. The predicted molar refractivity (Wildman–Crippen MR) is 86.7 cm³/mol. The van der Waals surface area contributed by atoms with E-state index in [9.17, 15) is 9.65 Å². The van der Waals surface area contributed by atoms with Crippen LogP contribution in [-0.4, -0.2) is 12.1 Å². The van der Waals surface area contributed by atoms with E-state index in [1.54, 1.807) is 18.3 Å². The van der Waals surface area contributed by atoms with Crippen molar-refractivity contribution in [1.29, 1.82) is 5.26 Å². The van der Waals surface area contributed by atoms with E-state index in [4.69, 9.17) is 4.74 Å². The lowest BCUT2D eigenvalue weighted by molar-refractivity contribution is 0.386. The van der Waals surface area contributed by atoms with Gasteiger partial charge in [-0.1, -0.05) is 24.3 Å². The Morgan fingerprint density at radius 1 is 1.26 bits per heavy atom. The first-order valence-corrected chi connectivity index (χ1v) is 7.07. The van der Waals surface area contributed by atoms with E-state index in [-0.39, 0.29) is 5.75 Å². The molecule has 1 N–H and O–H groups in total. The van der Waals surface area contributed by atoms with Gasteiger partial charge in [-0.25, -0.2) is 4.39 Å². The quantitative estimate of drug-likeness (QED) is 0.795. The minimum atomic E-state index is -0.410. The Bertz CT molecular complexity index is 902. The molecule has 1 heterocycles. The molecule has 114 valence electrons. The van der Waals surface area contributed by atoms with Crippen molar-refractivity contribution in [3.8, 4) is 11.8 Å². The fraction of sp³-hybridized carbons (Fsp3) is 0.111. The van der Waals surface area contributed by atoms with Crippen LogP contribution in [0.1, 0.15) is 11.1 Å². The summed E-state index contributed by atoms with van der Waals surface area (Å²) in [4.78, 5) is 4.27. The number of hydrogen-bond acceptors (Lipinski definition) is 4. The lowest BCUT2D eigenvalue weighted by Gasteiger charge is -2.12. The van der Waals surface area contributed by atoms with Crippen LogP contribution in [-0.2, 0) is 6.54 Å². The summed E-state index contributed by atoms with van der Waals surface area (Å²) in [5.74, 6) is -0.201. The number of nitriles is 1. The largest absolute Gasteiger partial charge is 0.494 e. The Morgan fingerprint density at radius 3 is 2.83 bits per heavy atom. The van der Waals surface area contributed by atoms with E-state index < -0.39 is 5.82 Å². The molecule has 0 aliphatic rings. The van der Waals surface area contributed by atoms with E-state index in [0.29, 0.717) is 17.8 Å². The Balaban J connectivity index is 1.92. The van der Waals surface area contributed by atoms with Gasteiger partial charge < -0.3 is 10.1 Å². The molecule has 3 rings (SSSR count). The van der Waals surface area contributed by atoms with Gasteiger partial charge in [0, 0.05) is 18.1 Å². The van der Waals surface area contributed by atoms with Gasteiger partial charge in [0.2, 0.25) is 0 Å². The van der Waals surface area contributed by atoms with Gasteiger partial charge in [-0.15, -0.1) is 0 Å². The van der Waals surface area contributed by atoms with Crippen molar-refractivity contribution in [2.24, 2.45) is 0 Å². The fourth-order valence-electron chi connectivity index (χ4n) is 2.43. The molecule has 0 aliphatic heterocycles. The van der Waals surface area contributed by atoms with Crippen molar-refractivity contribution in [3.63, 3.8) is 0 Å². The SMILES string of the molecule is COc1ccc(CNc2c(C#N)cnc3ccccc23)cc1F. The summed E-state index contributed by atoms with van der Waals surface area (Å²) in [5, 5.41) is 13.4. The minimum absolute atomic E-state index is 0.209. The topological polar surface area (TPSA) is 57.9 Å². The van der Waals surface area contributed by atoms with Crippen LogP contribution < -0.4 is 10.1 Å². The highest BCUT2D eigenvalue weighted by atomic mass is 19.1. The molecule has 0 spiro atoms. The number of halogens is 1. The zero-order valence-electron chi connectivity index (χ0n) is 12.5. The zero-order valence-corrected chi connectivity index (χ0v) is 12.5. The minimum Gasteiger partial charge on any atom is -0.494 e. The normalized spacial score (nSPS) is 10.3. The summed E-state index contributed by atoms with van der Waals surface area (Å²) in [6.07, 6.45) is 1.54. The van der Waals surface area contributed by atoms with Gasteiger partial charge in [-0.3, -0.25) is 4.98 Å². The third kappa shape index (κ3) is 2.92. The van der Waals surface area contributed by atoms with Gasteiger partial charge in [0.25, 0.3) is 0 Å². The van der Waals surface area contributed by atoms with Crippen molar-refractivity contribution in [2.75, 3.05) is 12.4 Å². The second-order valence-electron chi connectivity index (χ2n) is 5.00. The van der Waals surface area contributed by atoms with Crippen LogP contribution in [0.4, 0.5) is 10.1 Å². The maximum atomic E-state index is 13.8. The first kappa shape index (κ1) is 14.8. The number of para-hydroxylation sites is 1. The molecule has 5 heteroatoms. The van der Waals surface area contributed by atoms with Crippen LogP contribution in [0.25, 0.3) is 10.9 Å². The van der Waals surface area contributed by atoms with Gasteiger partial charge in [-0.05, 0) is 23.8 Å². The number of ether oxygens (including phenoxy) is 1. The summed E-state index contributed by atoms with van der Waals surface area (Å²) >= 11 is 0. The number of benzene rings is 2. The number of nitrogens with one attached hydrogen (secondary N) is 1. The maximum absolute atomic E-state index is 13.8. The third-order valence-corrected chi connectivity index (χ3v) is 3.58. The first-order valence-electron chi connectivity index (χ1n) is 7.07. The highest BCUT2D eigenvalue weighted by molar-refractivity contribution is 5.93. The van der Waals surface area contributed by atoms with Crippen LogP contribution in [0.3, 0.4) is 0 Å².